The zero-order valence-corrected chi connectivity index (χ0v) is 11.9. The lowest BCUT2D eigenvalue weighted by Crippen LogP contribution is -1.88. The van der Waals surface area contributed by atoms with Gasteiger partial charge in [0, 0.05) is 0 Å². The van der Waals surface area contributed by atoms with Crippen LogP contribution >= 0.6 is 0 Å². The summed E-state index contributed by atoms with van der Waals surface area (Å²) in [5.41, 5.74) is 6.36. The van der Waals surface area contributed by atoms with E-state index in [1.807, 2.05) is 6.92 Å². The zero-order valence-electron chi connectivity index (χ0n) is 11.9. The van der Waals surface area contributed by atoms with Gasteiger partial charge in [0.25, 0.3) is 0 Å². The Morgan fingerprint density at radius 2 is 1.16 bits per heavy atom. The van der Waals surface area contributed by atoms with Crippen LogP contribution in [-0.2, 0) is 0 Å². The van der Waals surface area contributed by atoms with Gasteiger partial charge in [-0.1, -0.05) is 77.9 Å². The summed E-state index contributed by atoms with van der Waals surface area (Å²) in [7, 11) is 0. The minimum Gasteiger partial charge on any atom is -0.0876 e. The SMILES string of the molecule is C/C=C/C=C(c1ccc(C)cc1)c1ccc(C)cc1. The number of allylic oxidation sites excluding steroid dienone is 3. The van der Waals surface area contributed by atoms with E-state index in [0.29, 0.717) is 0 Å². The molecule has 0 saturated heterocycles. The second kappa shape index (κ2) is 6.19. The van der Waals surface area contributed by atoms with E-state index < -0.39 is 0 Å². The molecule has 0 heterocycles. The Hall–Kier alpha value is -2.08. The molecule has 0 saturated carbocycles. The molecule has 0 fully saturated rings. The van der Waals surface area contributed by atoms with Crippen molar-refractivity contribution in [2.45, 2.75) is 20.8 Å². The van der Waals surface area contributed by atoms with Gasteiger partial charge >= 0.3 is 0 Å². The molecule has 0 nitrogen and oxygen atoms in total. The van der Waals surface area contributed by atoms with Crippen molar-refractivity contribution >= 4 is 5.57 Å². The third-order valence-corrected chi connectivity index (χ3v) is 3.18. The summed E-state index contributed by atoms with van der Waals surface area (Å²) in [6, 6.07) is 17.4. The summed E-state index contributed by atoms with van der Waals surface area (Å²) in [6.07, 6.45) is 6.33. The molecular formula is C19H20. The van der Waals surface area contributed by atoms with Gasteiger partial charge in [-0.3, -0.25) is 0 Å². The van der Waals surface area contributed by atoms with Crippen molar-refractivity contribution in [3.8, 4) is 0 Å². The van der Waals surface area contributed by atoms with E-state index in [9.17, 15) is 0 Å². The summed E-state index contributed by atoms with van der Waals surface area (Å²) in [5, 5.41) is 0. The summed E-state index contributed by atoms with van der Waals surface area (Å²) < 4.78 is 0. The fraction of sp³-hybridized carbons (Fsp3) is 0.158. The van der Waals surface area contributed by atoms with Crippen LogP contribution in [0.3, 0.4) is 0 Å². The molecule has 0 radical (unpaired) electrons. The highest BCUT2D eigenvalue weighted by Crippen LogP contribution is 2.24. The Morgan fingerprint density at radius 1 is 0.737 bits per heavy atom. The second-order valence-corrected chi connectivity index (χ2v) is 4.84. The van der Waals surface area contributed by atoms with Gasteiger partial charge in [-0.05, 0) is 37.5 Å². The predicted molar refractivity (Wildman–Crippen MR) is 84.3 cm³/mol. The molecule has 0 spiro atoms. The highest BCUT2D eigenvalue weighted by molar-refractivity contribution is 5.80. The summed E-state index contributed by atoms with van der Waals surface area (Å²) in [5.74, 6) is 0. The maximum Gasteiger partial charge on any atom is -0.0112 e. The topological polar surface area (TPSA) is 0 Å². The normalized spacial score (nSPS) is 10.7. The molecule has 0 heteroatoms. The standard InChI is InChI=1S/C19H20/c1-4-5-6-19(17-11-7-15(2)8-12-17)18-13-9-16(3)10-14-18/h4-14H,1-3H3/b5-4+. The van der Waals surface area contributed by atoms with Gasteiger partial charge < -0.3 is 0 Å². The van der Waals surface area contributed by atoms with Crippen LogP contribution in [0, 0.1) is 13.8 Å². The third-order valence-electron chi connectivity index (χ3n) is 3.18. The molecule has 19 heavy (non-hydrogen) atoms. The fourth-order valence-corrected chi connectivity index (χ4v) is 2.02. The van der Waals surface area contributed by atoms with Crippen molar-refractivity contribution in [3.63, 3.8) is 0 Å². The largest absolute Gasteiger partial charge is 0.0876 e. The Morgan fingerprint density at radius 3 is 1.53 bits per heavy atom. The number of aryl methyl sites for hydroxylation is 2. The molecule has 0 aliphatic carbocycles. The van der Waals surface area contributed by atoms with Crippen molar-refractivity contribution in [3.05, 3.63) is 89.0 Å². The van der Waals surface area contributed by atoms with E-state index >= 15 is 0 Å². The van der Waals surface area contributed by atoms with Crippen LogP contribution in [0.1, 0.15) is 29.2 Å². The van der Waals surface area contributed by atoms with Gasteiger partial charge in [-0.15, -0.1) is 0 Å². The molecule has 0 amide bonds. The van der Waals surface area contributed by atoms with Crippen molar-refractivity contribution < 1.29 is 0 Å². The van der Waals surface area contributed by atoms with Crippen LogP contribution in [0.4, 0.5) is 0 Å². The zero-order chi connectivity index (χ0) is 13.7. The molecule has 0 aliphatic rings. The van der Waals surface area contributed by atoms with Gasteiger partial charge in [0.2, 0.25) is 0 Å². The van der Waals surface area contributed by atoms with E-state index in [1.165, 1.54) is 27.8 Å². The van der Waals surface area contributed by atoms with Crippen LogP contribution in [0.2, 0.25) is 0 Å². The van der Waals surface area contributed by atoms with Crippen molar-refractivity contribution in [1.82, 2.24) is 0 Å². The smallest absolute Gasteiger partial charge is 0.0112 e. The fourth-order valence-electron chi connectivity index (χ4n) is 2.02. The van der Waals surface area contributed by atoms with Crippen LogP contribution in [0.5, 0.6) is 0 Å². The lowest BCUT2D eigenvalue weighted by Gasteiger charge is -2.09. The van der Waals surface area contributed by atoms with Gasteiger partial charge in [-0.25, -0.2) is 0 Å². The molecule has 2 aromatic carbocycles. The Bertz CT molecular complexity index is 533. The van der Waals surface area contributed by atoms with Gasteiger partial charge in [0.05, 0.1) is 0 Å². The molecular weight excluding hydrogens is 228 g/mol. The maximum atomic E-state index is 2.19. The van der Waals surface area contributed by atoms with Gasteiger partial charge in [0.1, 0.15) is 0 Å². The molecule has 0 aromatic heterocycles. The third kappa shape index (κ3) is 3.45. The molecule has 0 atom stereocenters. The van der Waals surface area contributed by atoms with Crippen molar-refractivity contribution in [2.75, 3.05) is 0 Å². The van der Waals surface area contributed by atoms with E-state index in [0.717, 1.165) is 0 Å². The minimum atomic E-state index is 1.26. The number of benzene rings is 2. The first-order valence-corrected chi connectivity index (χ1v) is 6.68. The predicted octanol–water partition coefficient (Wildman–Crippen LogP) is 5.31. The average Bonchev–Trinajstić information content (AvgIpc) is 2.43. The monoisotopic (exact) mass is 248 g/mol. The van der Waals surface area contributed by atoms with Crippen LogP contribution < -0.4 is 0 Å². The van der Waals surface area contributed by atoms with Crippen LogP contribution in [0.25, 0.3) is 5.57 Å². The highest BCUT2D eigenvalue weighted by Gasteiger charge is 2.03. The van der Waals surface area contributed by atoms with E-state index in [-0.39, 0.29) is 0 Å². The number of hydrogen-bond acceptors (Lipinski definition) is 0. The van der Waals surface area contributed by atoms with Crippen molar-refractivity contribution in [1.29, 1.82) is 0 Å². The first-order chi connectivity index (χ1) is 9.20. The Labute approximate surface area is 116 Å². The minimum absolute atomic E-state index is 1.26. The first kappa shape index (κ1) is 13.4. The molecule has 2 aromatic rings. The van der Waals surface area contributed by atoms with Crippen molar-refractivity contribution in [2.24, 2.45) is 0 Å². The lowest BCUT2D eigenvalue weighted by molar-refractivity contribution is 1.42. The average molecular weight is 248 g/mol. The van der Waals surface area contributed by atoms with E-state index in [2.05, 4.69) is 80.6 Å². The Kier molecular flexibility index (Phi) is 4.35. The molecule has 0 bridgehead atoms. The number of hydrogen-bond donors (Lipinski definition) is 0. The summed E-state index contributed by atoms with van der Waals surface area (Å²) in [6.45, 7) is 6.27. The maximum absolute atomic E-state index is 2.19. The van der Waals surface area contributed by atoms with Gasteiger partial charge in [0.15, 0.2) is 0 Å². The van der Waals surface area contributed by atoms with Gasteiger partial charge in [-0.2, -0.15) is 0 Å². The summed E-state index contributed by atoms with van der Waals surface area (Å²) in [4.78, 5) is 0. The molecule has 0 N–H and O–H groups in total. The first-order valence-electron chi connectivity index (χ1n) is 6.68. The molecule has 0 aliphatic heterocycles. The quantitative estimate of drug-likeness (QED) is 0.646. The molecule has 2 rings (SSSR count). The van der Waals surface area contributed by atoms with E-state index in [1.54, 1.807) is 0 Å². The lowest BCUT2D eigenvalue weighted by atomic mass is 9.96. The van der Waals surface area contributed by atoms with E-state index in [4.69, 9.17) is 0 Å². The van der Waals surface area contributed by atoms with Crippen LogP contribution in [-0.4, -0.2) is 0 Å². The molecule has 96 valence electrons. The Balaban J connectivity index is 2.47. The number of rotatable bonds is 3. The highest BCUT2D eigenvalue weighted by atomic mass is 14.1. The summed E-state index contributed by atoms with van der Waals surface area (Å²) >= 11 is 0. The molecule has 0 unspecified atom stereocenters. The van der Waals surface area contributed by atoms with Crippen LogP contribution in [0.15, 0.2) is 66.8 Å². The second-order valence-electron chi connectivity index (χ2n) is 4.84.